The Labute approximate surface area is 115 Å². The maximum absolute atomic E-state index is 12.6. The first-order valence-corrected chi connectivity index (χ1v) is 6.59. The van der Waals surface area contributed by atoms with Crippen LogP contribution in [0, 0.1) is 0 Å². The van der Waals surface area contributed by atoms with E-state index in [1.54, 1.807) is 19.3 Å². The number of aromatic nitrogens is 1. The zero-order valence-electron chi connectivity index (χ0n) is 12.5. The van der Waals surface area contributed by atoms with Crippen molar-refractivity contribution in [3.63, 3.8) is 0 Å². The van der Waals surface area contributed by atoms with Gasteiger partial charge in [-0.15, -0.1) is 0 Å². The molecule has 0 aliphatic rings. The number of hydrogen-bond acceptors (Lipinski definition) is 4. The number of nitrogens with one attached hydrogen (secondary N) is 1. The zero-order chi connectivity index (χ0) is 14.4. The molecule has 1 atom stereocenters. The summed E-state index contributed by atoms with van der Waals surface area (Å²) in [6.45, 7) is 5.59. The van der Waals surface area contributed by atoms with Crippen LogP contribution in [-0.2, 0) is 0 Å². The van der Waals surface area contributed by atoms with E-state index in [2.05, 4.69) is 22.1 Å². The molecule has 0 bridgehead atoms. The summed E-state index contributed by atoms with van der Waals surface area (Å²) < 4.78 is 0. The Balaban J connectivity index is 2.95. The maximum atomic E-state index is 12.6. The Bertz CT molecular complexity index is 420. The van der Waals surface area contributed by atoms with Crippen molar-refractivity contribution in [2.75, 3.05) is 39.5 Å². The first-order chi connectivity index (χ1) is 9.01. The minimum absolute atomic E-state index is 0.0225. The fraction of sp³-hybridized carbons (Fsp3) is 0.571. The van der Waals surface area contributed by atoms with Crippen molar-refractivity contribution in [3.8, 4) is 0 Å². The van der Waals surface area contributed by atoms with Gasteiger partial charge in [-0.2, -0.15) is 0 Å². The summed E-state index contributed by atoms with van der Waals surface area (Å²) in [5, 5.41) is 2.97. The molecule has 1 amide bonds. The summed E-state index contributed by atoms with van der Waals surface area (Å²) in [4.78, 5) is 20.8. The standard InChI is InChI=1S/C14H24N4O/c1-6-18(11(2)10-17(4)5)14(19)12-8-7-9-16-13(12)15-3/h7-9,11H,6,10H2,1-5H3,(H,15,16). The molecule has 0 aliphatic carbocycles. The molecule has 0 spiro atoms. The minimum Gasteiger partial charge on any atom is -0.372 e. The van der Waals surface area contributed by atoms with E-state index in [9.17, 15) is 4.79 Å². The third-order valence-electron chi connectivity index (χ3n) is 3.04. The van der Waals surface area contributed by atoms with Crippen molar-refractivity contribution < 1.29 is 4.79 Å². The van der Waals surface area contributed by atoms with E-state index in [4.69, 9.17) is 0 Å². The monoisotopic (exact) mass is 264 g/mol. The molecule has 1 heterocycles. The van der Waals surface area contributed by atoms with Crippen LogP contribution in [-0.4, -0.2) is 61.0 Å². The van der Waals surface area contributed by atoms with Gasteiger partial charge in [-0.3, -0.25) is 4.79 Å². The number of nitrogens with zero attached hydrogens (tertiary/aromatic N) is 3. The predicted octanol–water partition coefficient (Wildman–Crippen LogP) is 1.54. The molecular weight excluding hydrogens is 240 g/mol. The van der Waals surface area contributed by atoms with Crippen LogP contribution in [0.3, 0.4) is 0 Å². The summed E-state index contributed by atoms with van der Waals surface area (Å²) in [5.41, 5.74) is 0.623. The van der Waals surface area contributed by atoms with Gasteiger partial charge < -0.3 is 15.1 Å². The molecule has 0 aromatic carbocycles. The van der Waals surface area contributed by atoms with Gasteiger partial charge in [-0.05, 0) is 40.1 Å². The number of carbonyl (C=O) groups is 1. The van der Waals surface area contributed by atoms with Gasteiger partial charge in [0, 0.05) is 32.4 Å². The molecule has 5 nitrogen and oxygen atoms in total. The highest BCUT2D eigenvalue weighted by Crippen LogP contribution is 2.15. The average Bonchev–Trinajstić information content (AvgIpc) is 2.38. The van der Waals surface area contributed by atoms with Crippen LogP contribution >= 0.6 is 0 Å². The number of rotatable bonds is 6. The van der Waals surface area contributed by atoms with Crippen LogP contribution < -0.4 is 5.32 Å². The van der Waals surface area contributed by atoms with Crippen molar-refractivity contribution in [3.05, 3.63) is 23.9 Å². The minimum atomic E-state index is 0.0225. The SMILES string of the molecule is CCN(C(=O)c1cccnc1NC)C(C)CN(C)C. The molecule has 0 aliphatic heterocycles. The molecule has 1 unspecified atom stereocenters. The highest BCUT2D eigenvalue weighted by Gasteiger charge is 2.22. The normalized spacial score (nSPS) is 12.3. The van der Waals surface area contributed by atoms with Crippen LogP contribution in [0.4, 0.5) is 5.82 Å². The molecule has 1 rings (SSSR count). The molecule has 1 N–H and O–H groups in total. The third-order valence-corrected chi connectivity index (χ3v) is 3.04. The number of likely N-dealkylation sites (N-methyl/N-ethyl adjacent to an activating group) is 2. The van der Waals surface area contributed by atoms with Crippen LogP contribution in [0.1, 0.15) is 24.2 Å². The van der Waals surface area contributed by atoms with E-state index in [-0.39, 0.29) is 11.9 Å². The molecule has 1 aromatic heterocycles. The number of anilines is 1. The lowest BCUT2D eigenvalue weighted by molar-refractivity contribution is 0.0679. The van der Waals surface area contributed by atoms with E-state index in [0.717, 1.165) is 6.54 Å². The van der Waals surface area contributed by atoms with Crippen LogP contribution in [0.25, 0.3) is 0 Å². The van der Waals surface area contributed by atoms with E-state index in [0.29, 0.717) is 17.9 Å². The van der Waals surface area contributed by atoms with Gasteiger partial charge >= 0.3 is 0 Å². The average molecular weight is 264 g/mol. The number of amides is 1. The molecule has 5 heteroatoms. The van der Waals surface area contributed by atoms with E-state index >= 15 is 0 Å². The largest absolute Gasteiger partial charge is 0.372 e. The van der Waals surface area contributed by atoms with Gasteiger partial charge in [0.25, 0.3) is 5.91 Å². The smallest absolute Gasteiger partial charge is 0.257 e. The summed E-state index contributed by atoms with van der Waals surface area (Å²) in [5.74, 6) is 0.650. The van der Waals surface area contributed by atoms with E-state index in [1.165, 1.54) is 0 Å². The maximum Gasteiger partial charge on any atom is 0.257 e. The van der Waals surface area contributed by atoms with Gasteiger partial charge in [0.2, 0.25) is 0 Å². The fourth-order valence-electron chi connectivity index (χ4n) is 2.21. The zero-order valence-corrected chi connectivity index (χ0v) is 12.5. The van der Waals surface area contributed by atoms with Gasteiger partial charge in [0.1, 0.15) is 5.82 Å². The first-order valence-electron chi connectivity index (χ1n) is 6.59. The summed E-state index contributed by atoms with van der Waals surface area (Å²) in [6, 6.07) is 3.77. The Hall–Kier alpha value is -1.62. The Kier molecular flexibility index (Phi) is 5.76. The first kappa shape index (κ1) is 15.4. The second kappa shape index (κ2) is 7.09. The van der Waals surface area contributed by atoms with E-state index in [1.807, 2.05) is 32.0 Å². The summed E-state index contributed by atoms with van der Waals surface area (Å²) >= 11 is 0. The lowest BCUT2D eigenvalue weighted by atomic mass is 10.1. The number of pyridine rings is 1. The van der Waals surface area contributed by atoms with Crippen molar-refractivity contribution >= 4 is 11.7 Å². The lowest BCUT2D eigenvalue weighted by Gasteiger charge is -2.30. The van der Waals surface area contributed by atoms with Gasteiger partial charge in [-0.1, -0.05) is 0 Å². The van der Waals surface area contributed by atoms with Gasteiger partial charge in [0.05, 0.1) is 5.56 Å². The highest BCUT2D eigenvalue weighted by molar-refractivity contribution is 5.98. The van der Waals surface area contributed by atoms with Crippen LogP contribution in [0.15, 0.2) is 18.3 Å². The molecule has 106 valence electrons. The molecule has 0 fully saturated rings. The Morgan fingerprint density at radius 2 is 2.16 bits per heavy atom. The molecule has 0 radical (unpaired) electrons. The lowest BCUT2D eigenvalue weighted by Crippen LogP contribution is -2.43. The van der Waals surface area contributed by atoms with E-state index < -0.39 is 0 Å². The quantitative estimate of drug-likeness (QED) is 0.846. The highest BCUT2D eigenvalue weighted by atomic mass is 16.2. The van der Waals surface area contributed by atoms with Crippen molar-refractivity contribution in [1.82, 2.24) is 14.8 Å². The van der Waals surface area contributed by atoms with Crippen LogP contribution in [0.2, 0.25) is 0 Å². The second-order valence-corrected chi connectivity index (χ2v) is 4.85. The number of hydrogen-bond donors (Lipinski definition) is 1. The molecule has 0 saturated carbocycles. The summed E-state index contributed by atoms with van der Waals surface area (Å²) in [7, 11) is 5.80. The predicted molar refractivity (Wildman–Crippen MR) is 78.5 cm³/mol. The number of carbonyl (C=O) groups excluding carboxylic acids is 1. The molecule has 0 saturated heterocycles. The van der Waals surface area contributed by atoms with Crippen molar-refractivity contribution in [1.29, 1.82) is 0 Å². The van der Waals surface area contributed by atoms with Gasteiger partial charge in [0.15, 0.2) is 0 Å². The van der Waals surface area contributed by atoms with Crippen LogP contribution in [0.5, 0.6) is 0 Å². The summed E-state index contributed by atoms with van der Waals surface area (Å²) in [6.07, 6.45) is 1.68. The van der Waals surface area contributed by atoms with Crippen molar-refractivity contribution in [2.24, 2.45) is 0 Å². The third kappa shape index (κ3) is 3.92. The Morgan fingerprint density at radius 3 is 2.68 bits per heavy atom. The fourth-order valence-corrected chi connectivity index (χ4v) is 2.21. The second-order valence-electron chi connectivity index (χ2n) is 4.85. The molecule has 19 heavy (non-hydrogen) atoms. The molecule has 1 aromatic rings. The molecular formula is C14H24N4O. The van der Waals surface area contributed by atoms with Crippen molar-refractivity contribution in [2.45, 2.75) is 19.9 Å². The Morgan fingerprint density at radius 1 is 1.47 bits per heavy atom. The van der Waals surface area contributed by atoms with Gasteiger partial charge in [-0.25, -0.2) is 4.98 Å². The topological polar surface area (TPSA) is 48.5 Å².